The molecular formula is C5H6F6N2O2. The van der Waals surface area contributed by atoms with Crippen LogP contribution in [0.5, 0.6) is 0 Å². The van der Waals surface area contributed by atoms with Crippen molar-refractivity contribution in [3.63, 3.8) is 0 Å². The summed E-state index contributed by atoms with van der Waals surface area (Å²) >= 11 is 0. The summed E-state index contributed by atoms with van der Waals surface area (Å²) in [5.74, 6) is -2.54. The maximum Gasteiger partial charge on any atom is 0.403 e. The maximum absolute atomic E-state index is 12.4. The molecule has 90 valence electrons. The average Bonchev–Trinajstić information content (AvgIpc) is 2.02. The normalized spacial score (nSPS) is 13.1. The van der Waals surface area contributed by atoms with Crippen LogP contribution in [0, 0.1) is 0 Å². The molecule has 10 heteroatoms. The largest absolute Gasteiger partial charge is 0.403 e. The number of hydrogen-bond acceptors (Lipinski definition) is 3. The Balaban J connectivity index is 4.59. The molecule has 4 nitrogen and oxygen atoms in total. The number of carbonyl (C=O) groups is 1. The first kappa shape index (κ1) is 14.0. The van der Waals surface area contributed by atoms with E-state index in [2.05, 4.69) is 0 Å². The zero-order valence-corrected chi connectivity index (χ0v) is 6.91. The summed E-state index contributed by atoms with van der Waals surface area (Å²) < 4.78 is 72.5. The van der Waals surface area contributed by atoms with E-state index in [9.17, 15) is 31.1 Å². The topological polar surface area (TPSA) is 61.4 Å². The number of amides is 1. The van der Waals surface area contributed by atoms with Gasteiger partial charge in [-0.15, -0.1) is 0 Å². The molecule has 15 heavy (non-hydrogen) atoms. The molecule has 0 aliphatic rings. The summed E-state index contributed by atoms with van der Waals surface area (Å²) in [5.41, 5.74) is 0. The number of rotatable bonds is 5. The van der Waals surface area contributed by atoms with Crippen LogP contribution < -0.4 is 10.6 Å². The number of carbonyl (C=O) groups excluding carboxylic acids is 1. The summed E-state index contributed by atoms with van der Waals surface area (Å²) in [6, 6.07) is -10.3. The molecule has 0 aromatic rings. The predicted molar refractivity (Wildman–Crippen MR) is 34.3 cm³/mol. The second-order valence-corrected chi connectivity index (χ2v) is 2.27. The third-order valence-electron chi connectivity index (χ3n) is 1.17. The minimum Gasteiger partial charge on any atom is -0.381 e. The fraction of sp³-hybridized carbons (Fsp3) is 0.800. The zero-order chi connectivity index (χ0) is 12.3. The lowest BCUT2D eigenvalue weighted by Crippen LogP contribution is -2.61. The van der Waals surface area contributed by atoms with Crippen LogP contribution in [0.2, 0.25) is 0 Å². The minimum absolute atomic E-state index is 0.135. The first-order chi connectivity index (χ1) is 6.64. The summed E-state index contributed by atoms with van der Waals surface area (Å²) in [5, 5.41) is 8.68. The van der Waals surface area contributed by atoms with Gasteiger partial charge >= 0.3 is 18.5 Å². The van der Waals surface area contributed by atoms with Crippen LogP contribution in [0.15, 0.2) is 0 Å². The van der Waals surface area contributed by atoms with Gasteiger partial charge in [-0.1, -0.05) is 0 Å². The van der Waals surface area contributed by atoms with Crippen molar-refractivity contribution in [2.75, 3.05) is 6.73 Å². The van der Waals surface area contributed by atoms with Gasteiger partial charge in [0.15, 0.2) is 0 Å². The van der Waals surface area contributed by atoms with E-state index in [1.165, 1.54) is 0 Å². The molecule has 1 amide bonds. The van der Waals surface area contributed by atoms with Gasteiger partial charge in [0.1, 0.15) is 0 Å². The summed E-state index contributed by atoms with van der Waals surface area (Å²) in [6.45, 7) is -1.52. The molecule has 0 heterocycles. The number of halogens is 6. The van der Waals surface area contributed by atoms with Crippen LogP contribution in [-0.2, 0) is 4.79 Å². The molecule has 0 aliphatic carbocycles. The van der Waals surface area contributed by atoms with Crippen LogP contribution in [0.3, 0.4) is 0 Å². The molecule has 0 bridgehead atoms. The molecule has 3 N–H and O–H groups in total. The van der Waals surface area contributed by atoms with E-state index < -0.39 is 31.2 Å². The van der Waals surface area contributed by atoms with Crippen molar-refractivity contribution in [3.05, 3.63) is 0 Å². The van der Waals surface area contributed by atoms with Crippen molar-refractivity contribution in [1.82, 2.24) is 10.6 Å². The fourth-order valence-electron chi connectivity index (χ4n) is 0.498. The van der Waals surface area contributed by atoms with E-state index in [4.69, 9.17) is 5.11 Å². The summed E-state index contributed by atoms with van der Waals surface area (Å²) in [4.78, 5) is 10.0. The number of alkyl halides is 6. The predicted octanol–water partition coefficient (Wildman–Crippen LogP) is 0.0927. The van der Waals surface area contributed by atoms with Gasteiger partial charge in [-0.25, -0.2) is 5.32 Å². The molecule has 0 aromatic carbocycles. The Labute approximate surface area is 79.2 Å². The summed E-state index contributed by atoms with van der Waals surface area (Å²) in [7, 11) is 0. The highest BCUT2D eigenvalue weighted by molar-refractivity contribution is 5.79. The van der Waals surface area contributed by atoms with Crippen molar-refractivity contribution in [1.29, 1.82) is 0 Å². The Morgan fingerprint density at radius 2 is 1.67 bits per heavy atom. The lowest BCUT2D eigenvalue weighted by atomic mass is 10.4. The molecule has 0 aromatic heterocycles. The molecule has 0 rings (SSSR count). The SMILES string of the molecule is O=C(NC(F)(F)C(F)(F)NCO)C(F)F. The lowest BCUT2D eigenvalue weighted by molar-refractivity contribution is -0.247. The molecule has 0 saturated heterocycles. The van der Waals surface area contributed by atoms with Crippen LogP contribution in [0.4, 0.5) is 26.3 Å². The number of hydrogen-bond donors (Lipinski definition) is 3. The van der Waals surface area contributed by atoms with Crippen molar-refractivity contribution in [2.24, 2.45) is 0 Å². The van der Waals surface area contributed by atoms with Gasteiger partial charge in [0.25, 0.3) is 5.91 Å². The molecule has 0 fully saturated rings. The monoisotopic (exact) mass is 240 g/mol. The molecule has 0 saturated carbocycles. The van der Waals surface area contributed by atoms with E-state index in [0.717, 1.165) is 0 Å². The zero-order valence-electron chi connectivity index (χ0n) is 6.91. The third-order valence-corrected chi connectivity index (χ3v) is 1.17. The highest BCUT2D eigenvalue weighted by atomic mass is 19.3. The standard InChI is InChI=1S/C5H6F6N2O2/c6-2(7)3(15)13-5(10,11)4(8,9)12-1-14/h2,12,14H,1H2,(H,13,15). The number of aliphatic hydroxyl groups is 1. The molecule has 0 unspecified atom stereocenters. The van der Waals surface area contributed by atoms with E-state index in [0.29, 0.717) is 5.32 Å². The van der Waals surface area contributed by atoms with Crippen LogP contribution in [0.25, 0.3) is 0 Å². The Kier molecular flexibility index (Phi) is 4.34. The molecule has 0 spiro atoms. The van der Waals surface area contributed by atoms with E-state index in [-0.39, 0.29) is 5.32 Å². The smallest absolute Gasteiger partial charge is 0.381 e. The van der Waals surface area contributed by atoms with E-state index in [1.54, 1.807) is 0 Å². The van der Waals surface area contributed by atoms with Gasteiger partial charge in [-0.3, -0.25) is 10.1 Å². The fourth-order valence-corrected chi connectivity index (χ4v) is 0.498. The minimum atomic E-state index is -5.23. The average molecular weight is 240 g/mol. The van der Waals surface area contributed by atoms with Gasteiger partial charge in [0.2, 0.25) is 0 Å². The Bertz CT molecular complexity index is 234. The Hall–Kier alpha value is -1.03. The third kappa shape index (κ3) is 3.55. The summed E-state index contributed by atoms with van der Waals surface area (Å²) in [6.07, 6.45) is -3.85. The van der Waals surface area contributed by atoms with Gasteiger partial charge in [0.05, 0.1) is 6.73 Å². The van der Waals surface area contributed by atoms with Gasteiger partial charge < -0.3 is 5.11 Å². The highest BCUT2D eigenvalue weighted by Crippen LogP contribution is 2.29. The van der Waals surface area contributed by atoms with Crippen LogP contribution in [0.1, 0.15) is 0 Å². The van der Waals surface area contributed by atoms with Gasteiger partial charge in [-0.2, -0.15) is 26.3 Å². The molecule has 0 radical (unpaired) electrons. The van der Waals surface area contributed by atoms with Crippen LogP contribution in [-0.4, -0.2) is 36.3 Å². The van der Waals surface area contributed by atoms with Crippen molar-refractivity contribution < 1.29 is 36.2 Å². The van der Waals surface area contributed by atoms with Crippen molar-refractivity contribution >= 4 is 5.91 Å². The molecular weight excluding hydrogens is 234 g/mol. The number of aliphatic hydroxyl groups excluding tert-OH is 1. The maximum atomic E-state index is 12.4. The molecule has 0 atom stereocenters. The first-order valence-corrected chi connectivity index (χ1v) is 3.35. The van der Waals surface area contributed by atoms with Crippen molar-refractivity contribution in [2.45, 2.75) is 18.5 Å². The highest BCUT2D eigenvalue weighted by Gasteiger charge is 2.58. The second-order valence-electron chi connectivity index (χ2n) is 2.27. The van der Waals surface area contributed by atoms with Gasteiger partial charge in [-0.05, 0) is 0 Å². The quantitative estimate of drug-likeness (QED) is 0.362. The Morgan fingerprint density at radius 3 is 2.00 bits per heavy atom. The van der Waals surface area contributed by atoms with Crippen molar-refractivity contribution in [3.8, 4) is 0 Å². The van der Waals surface area contributed by atoms with Crippen LogP contribution >= 0.6 is 0 Å². The number of nitrogens with one attached hydrogen (secondary N) is 2. The second kappa shape index (κ2) is 4.66. The van der Waals surface area contributed by atoms with Gasteiger partial charge in [0, 0.05) is 0 Å². The van der Waals surface area contributed by atoms with E-state index in [1.807, 2.05) is 0 Å². The lowest BCUT2D eigenvalue weighted by Gasteiger charge is -2.26. The first-order valence-electron chi connectivity index (χ1n) is 3.35. The van der Waals surface area contributed by atoms with E-state index >= 15 is 0 Å². The molecule has 0 aliphatic heterocycles. The Morgan fingerprint density at radius 1 is 1.20 bits per heavy atom.